The molecule has 7 heteroatoms. The van der Waals surface area contributed by atoms with E-state index in [4.69, 9.17) is 0 Å². The molecule has 3 rings (SSSR count). The molecule has 1 fully saturated rings. The zero-order chi connectivity index (χ0) is 19.6. The smallest absolute Gasteiger partial charge is 0.253 e. The lowest BCUT2D eigenvalue weighted by Gasteiger charge is -2.35. The number of pyridine rings is 1. The van der Waals surface area contributed by atoms with Crippen LogP contribution in [0.3, 0.4) is 0 Å². The van der Waals surface area contributed by atoms with Gasteiger partial charge in [-0.2, -0.15) is 5.10 Å². The number of carbonyl (C=O) groups is 2. The Morgan fingerprint density at radius 1 is 1.22 bits per heavy atom. The molecular weight excluding hydrogens is 342 g/mol. The van der Waals surface area contributed by atoms with Crippen molar-refractivity contribution >= 4 is 11.8 Å². The van der Waals surface area contributed by atoms with Crippen molar-refractivity contribution in [3.63, 3.8) is 0 Å². The van der Waals surface area contributed by atoms with E-state index in [0.717, 1.165) is 17.0 Å². The first-order chi connectivity index (χ1) is 12.9. The Bertz CT molecular complexity index is 790. The third-order valence-corrected chi connectivity index (χ3v) is 5.59. The van der Waals surface area contributed by atoms with Crippen molar-refractivity contribution in [2.75, 3.05) is 20.1 Å². The maximum Gasteiger partial charge on any atom is 0.253 e. The summed E-state index contributed by atoms with van der Waals surface area (Å²) in [5.74, 6) is 0.0969. The summed E-state index contributed by atoms with van der Waals surface area (Å²) in [6, 6.07) is 3.42. The van der Waals surface area contributed by atoms with Crippen LogP contribution in [-0.4, -0.2) is 56.9 Å². The molecule has 0 unspecified atom stereocenters. The zero-order valence-electron chi connectivity index (χ0n) is 16.4. The summed E-state index contributed by atoms with van der Waals surface area (Å²) in [5, 5.41) is 7.23. The van der Waals surface area contributed by atoms with Gasteiger partial charge in [0.1, 0.15) is 0 Å². The quantitative estimate of drug-likeness (QED) is 0.898. The number of carbonyl (C=O) groups excluding carboxylic acids is 2. The number of nitrogens with one attached hydrogen (secondary N) is 1. The highest BCUT2D eigenvalue weighted by molar-refractivity contribution is 5.94. The van der Waals surface area contributed by atoms with Gasteiger partial charge in [-0.25, -0.2) is 0 Å². The van der Waals surface area contributed by atoms with Crippen LogP contribution in [0.1, 0.15) is 53.1 Å². The van der Waals surface area contributed by atoms with Crippen molar-refractivity contribution < 1.29 is 9.59 Å². The van der Waals surface area contributed by atoms with Crippen LogP contribution in [0, 0.1) is 19.8 Å². The molecule has 0 bridgehead atoms. The summed E-state index contributed by atoms with van der Waals surface area (Å²) in [6.07, 6.45) is 4.63. The first-order valence-corrected chi connectivity index (χ1v) is 9.37. The molecule has 1 aliphatic rings. The van der Waals surface area contributed by atoms with Crippen molar-refractivity contribution in [3.05, 3.63) is 47.0 Å². The molecule has 144 valence electrons. The summed E-state index contributed by atoms with van der Waals surface area (Å²) in [4.78, 5) is 33.1. The fourth-order valence-corrected chi connectivity index (χ4v) is 3.85. The molecule has 0 spiro atoms. The van der Waals surface area contributed by atoms with Gasteiger partial charge in [0.25, 0.3) is 5.91 Å². The monoisotopic (exact) mass is 369 g/mol. The summed E-state index contributed by atoms with van der Waals surface area (Å²) < 4.78 is 0. The minimum atomic E-state index is -0.0496. The molecule has 1 atom stereocenters. The van der Waals surface area contributed by atoms with Gasteiger partial charge in [-0.15, -0.1) is 0 Å². The second-order valence-corrected chi connectivity index (χ2v) is 7.28. The van der Waals surface area contributed by atoms with Crippen molar-refractivity contribution in [1.82, 2.24) is 25.0 Å². The number of rotatable bonds is 4. The molecule has 1 N–H and O–H groups in total. The van der Waals surface area contributed by atoms with E-state index in [9.17, 15) is 9.59 Å². The summed E-state index contributed by atoms with van der Waals surface area (Å²) in [7, 11) is 1.85. The van der Waals surface area contributed by atoms with Crippen molar-refractivity contribution in [3.8, 4) is 0 Å². The largest absolute Gasteiger partial charge is 0.339 e. The first-order valence-electron chi connectivity index (χ1n) is 9.37. The van der Waals surface area contributed by atoms with Gasteiger partial charge in [-0.05, 0) is 45.7 Å². The van der Waals surface area contributed by atoms with E-state index in [1.165, 1.54) is 0 Å². The topological polar surface area (TPSA) is 82.2 Å². The van der Waals surface area contributed by atoms with E-state index in [1.54, 1.807) is 24.5 Å². The highest BCUT2D eigenvalue weighted by Crippen LogP contribution is 2.28. The van der Waals surface area contributed by atoms with E-state index in [1.807, 2.05) is 37.6 Å². The van der Waals surface area contributed by atoms with Gasteiger partial charge in [0.2, 0.25) is 5.91 Å². The number of nitrogens with zero attached hydrogens (tertiary/aromatic N) is 4. The first kappa shape index (κ1) is 19.1. The molecular formula is C20H27N5O2. The Balaban J connectivity index is 1.60. The molecule has 3 heterocycles. The van der Waals surface area contributed by atoms with Gasteiger partial charge in [-0.3, -0.25) is 19.7 Å². The number of aromatic nitrogens is 3. The maximum atomic E-state index is 13.0. The molecule has 0 aliphatic carbocycles. The number of amides is 2. The Hall–Kier alpha value is -2.70. The number of hydrogen-bond acceptors (Lipinski definition) is 4. The van der Waals surface area contributed by atoms with E-state index in [0.29, 0.717) is 31.5 Å². The third-order valence-electron chi connectivity index (χ3n) is 5.59. The number of likely N-dealkylation sites (tertiary alicyclic amines) is 1. The molecule has 2 amide bonds. The summed E-state index contributed by atoms with van der Waals surface area (Å²) in [6.45, 7) is 7.17. The normalized spacial score (nSPS) is 16.2. The predicted octanol–water partition coefficient (Wildman–Crippen LogP) is 2.49. The van der Waals surface area contributed by atoms with E-state index in [2.05, 4.69) is 15.2 Å². The minimum Gasteiger partial charge on any atom is -0.339 e. The highest BCUT2D eigenvalue weighted by atomic mass is 16.2. The van der Waals surface area contributed by atoms with Crippen LogP contribution in [0.4, 0.5) is 0 Å². The molecule has 1 aliphatic heterocycles. The van der Waals surface area contributed by atoms with Crippen LogP contribution in [0.5, 0.6) is 0 Å². The second kappa shape index (κ2) is 7.90. The van der Waals surface area contributed by atoms with Crippen LogP contribution in [0.25, 0.3) is 0 Å². The number of aromatic amines is 1. The summed E-state index contributed by atoms with van der Waals surface area (Å²) >= 11 is 0. The molecule has 2 aromatic heterocycles. The molecule has 0 aromatic carbocycles. The molecule has 0 radical (unpaired) electrons. The lowest BCUT2D eigenvalue weighted by Crippen LogP contribution is -2.44. The fourth-order valence-electron chi connectivity index (χ4n) is 3.85. The zero-order valence-corrected chi connectivity index (χ0v) is 16.4. The molecule has 27 heavy (non-hydrogen) atoms. The minimum absolute atomic E-state index is 0.00895. The van der Waals surface area contributed by atoms with Gasteiger partial charge in [-0.1, -0.05) is 0 Å². The van der Waals surface area contributed by atoms with Gasteiger partial charge in [0, 0.05) is 55.3 Å². The standard InChI is InChI=1S/C20H27N5O2/c1-13-18(14(2)23-22-13)15(3)24(4)19(26)17-7-11-25(12-8-17)20(27)16-5-9-21-10-6-16/h5-6,9-10,15,17H,7-8,11-12H2,1-4H3,(H,22,23)/t15-/m1/s1. The number of H-pyrrole nitrogens is 1. The van der Waals surface area contributed by atoms with E-state index < -0.39 is 0 Å². The van der Waals surface area contributed by atoms with E-state index in [-0.39, 0.29) is 23.8 Å². The van der Waals surface area contributed by atoms with Crippen molar-refractivity contribution in [2.24, 2.45) is 5.92 Å². The van der Waals surface area contributed by atoms with Gasteiger partial charge in [0.05, 0.1) is 11.7 Å². The molecule has 1 saturated heterocycles. The van der Waals surface area contributed by atoms with E-state index >= 15 is 0 Å². The number of aryl methyl sites for hydroxylation is 2. The second-order valence-electron chi connectivity index (χ2n) is 7.28. The van der Waals surface area contributed by atoms with Crippen LogP contribution >= 0.6 is 0 Å². The van der Waals surface area contributed by atoms with Gasteiger partial charge < -0.3 is 9.80 Å². The van der Waals surface area contributed by atoms with Crippen molar-refractivity contribution in [1.29, 1.82) is 0 Å². The van der Waals surface area contributed by atoms with Gasteiger partial charge in [0.15, 0.2) is 0 Å². The Morgan fingerprint density at radius 3 is 2.41 bits per heavy atom. The van der Waals surface area contributed by atoms with Gasteiger partial charge >= 0.3 is 0 Å². The molecule has 0 saturated carbocycles. The van der Waals surface area contributed by atoms with Crippen LogP contribution < -0.4 is 0 Å². The average molecular weight is 369 g/mol. The third kappa shape index (κ3) is 3.86. The Morgan fingerprint density at radius 2 is 1.85 bits per heavy atom. The summed E-state index contributed by atoms with van der Waals surface area (Å²) in [5.41, 5.74) is 3.65. The SMILES string of the molecule is Cc1n[nH]c(C)c1[C@@H](C)N(C)C(=O)C1CCN(C(=O)c2ccncc2)CC1. The number of piperidine rings is 1. The number of hydrogen-bond donors (Lipinski definition) is 1. The fraction of sp³-hybridized carbons (Fsp3) is 0.500. The Labute approximate surface area is 159 Å². The maximum absolute atomic E-state index is 13.0. The van der Waals surface area contributed by atoms with Crippen molar-refractivity contribution in [2.45, 2.75) is 39.7 Å². The highest BCUT2D eigenvalue weighted by Gasteiger charge is 2.32. The lowest BCUT2D eigenvalue weighted by molar-refractivity contribution is -0.137. The Kier molecular flexibility index (Phi) is 5.58. The van der Waals surface area contributed by atoms with Crippen LogP contribution in [0.2, 0.25) is 0 Å². The molecule has 2 aromatic rings. The average Bonchev–Trinajstić information content (AvgIpc) is 3.04. The van der Waals surface area contributed by atoms with Crippen LogP contribution in [-0.2, 0) is 4.79 Å². The lowest BCUT2D eigenvalue weighted by atomic mass is 9.93. The molecule has 7 nitrogen and oxygen atoms in total. The predicted molar refractivity (Wildman–Crippen MR) is 102 cm³/mol. The van der Waals surface area contributed by atoms with Crippen LogP contribution in [0.15, 0.2) is 24.5 Å².